The van der Waals surface area contributed by atoms with Crippen LogP contribution in [0.1, 0.15) is 37.9 Å². The van der Waals surface area contributed by atoms with Crippen molar-refractivity contribution in [2.75, 3.05) is 13.1 Å². The Bertz CT molecular complexity index is 638. The Labute approximate surface area is 124 Å². The van der Waals surface area contributed by atoms with Crippen LogP contribution in [0.15, 0.2) is 35.1 Å². The van der Waals surface area contributed by atoms with E-state index < -0.39 is 0 Å². The fraction of sp³-hybridized carbons (Fsp3) is 0.500. The lowest BCUT2D eigenvalue weighted by Crippen LogP contribution is -2.31. The first-order valence-corrected chi connectivity index (χ1v) is 7.77. The van der Waals surface area contributed by atoms with E-state index in [2.05, 4.69) is 17.3 Å². The summed E-state index contributed by atoms with van der Waals surface area (Å²) in [6.07, 6.45) is 3.13. The predicted octanol–water partition coefficient (Wildman–Crippen LogP) is 1.91. The highest BCUT2D eigenvalue weighted by Crippen LogP contribution is 2.22. The summed E-state index contributed by atoms with van der Waals surface area (Å²) in [6.45, 7) is 4.69. The van der Waals surface area contributed by atoms with Gasteiger partial charge in [-0.05, 0) is 37.9 Å². The number of aromatic nitrogens is 3. The third kappa shape index (κ3) is 2.78. The normalized spacial score (nSPS) is 18.8. The van der Waals surface area contributed by atoms with Gasteiger partial charge in [0.15, 0.2) is 0 Å². The van der Waals surface area contributed by atoms with Crippen molar-refractivity contribution in [1.29, 1.82) is 0 Å². The first-order chi connectivity index (χ1) is 10.3. The van der Waals surface area contributed by atoms with Crippen molar-refractivity contribution in [3.05, 3.63) is 46.6 Å². The van der Waals surface area contributed by atoms with Crippen LogP contribution in [0.4, 0.5) is 0 Å². The molecule has 0 amide bonds. The molecule has 0 bridgehead atoms. The van der Waals surface area contributed by atoms with Crippen molar-refractivity contribution >= 4 is 0 Å². The van der Waals surface area contributed by atoms with Gasteiger partial charge in [-0.3, -0.25) is 0 Å². The Morgan fingerprint density at radius 1 is 1.33 bits per heavy atom. The number of para-hydroxylation sites is 1. The van der Waals surface area contributed by atoms with Gasteiger partial charge in [0.2, 0.25) is 0 Å². The summed E-state index contributed by atoms with van der Waals surface area (Å²) in [4.78, 5) is 12.7. The van der Waals surface area contributed by atoms with Gasteiger partial charge in [0.05, 0.1) is 5.69 Å². The molecular weight excluding hydrogens is 264 g/mol. The molecule has 3 rings (SSSR count). The molecule has 1 aromatic carbocycles. The van der Waals surface area contributed by atoms with Gasteiger partial charge in [-0.25, -0.2) is 14.0 Å². The number of aryl methyl sites for hydroxylation is 1. The zero-order valence-corrected chi connectivity index (χ0v) is 12.5. The second-order valence-electron chi connectivity index (χ2n) is 5.58. The van der Waals surface area contributed by atoms with E-state index >= 15 is 0 Å². The molecule has 1 aliphatic heterocycles. The molecule has 5 heteroatoms. The summed E-state index contributed by atoms with van der Waals surface area (Å²) < 4.78 is 3.39. The van der Waals surface area contributed by atoms with E-state index in [9.17, 15) is 4.79 Å². The van der Waals surface area contributed by atoms with Crippen molar-refractivity contribution in [2.24, 2.45) is 0 Å². The Morgan fingerprint density at radius 3 is 2.81 bits per heavy atom. The average Bonchev–Trinajstić information content (AvgIpc) is 2.86. The molecule has 21 heavy (non-hydrogen) atoms. The zero-order chi connectivity index (χ0) is 14.7. The topological polar surface area (TPSA) is 51.9 Å². The Hall–Kier alpha value is -1.88. The molecule has 1 fully saturated rings. The van der Waals surface area contributed by atoms with Crippen LogP contribution >= 0.6 is 0 Å². The standard InChI is InChI=1S/C16H22N4O/c1-2-11-19-16(21)20(14-8-4-3-5-9-14)15(18-19)13-7-6-10-17-12-13/h3-5,8-9,13,17H,2,6-7,10-12H2,1H3/t13-/m1/s1. The van der Waals surface area contributed by atoms with E-state index in [0.717, 1.165) is 43.9 Å². The first-order valence-electron chi connectivity index (χ1n) is 7.77. The van der Waals surface area contributed by atoms with Gasteiger partial charge in [0.1, 0.15) is 5.82 Å². The molecule has 2 aromatic rings. The first kappa shape index (κ1) is 14.1. The fourth-order valence-corrected chi connectivity index (χ4v) is 2.94. The average molecular weight is 286 g/mol. The molecule has 0 radical (unpaired) electrons. The van der Waals surface area contributed by atoms with E-state index in [1.165, 1.54) is 0 Å². The molecular formula is C16H22N4O. The maximum absolute atomic E-state index is 12.7. The highest BCUT2D eigenvalue weighted by molar-refractivity contribution is 5.33. The van der Waals surface area contributed by atoms with Gasteiger partial charge in [-0.2, -0.15) is 5.10 Å². The van der Waals surface area contributed by atoms with Crippen molar-refractivity contribution in [3.63, 3.8) is 0 Å². The minimum absolute atomic E-state index is 0.0244. The van der Waals surface area contributed by atoms with E-state index in [4.69, 9.17) is 0 Å². The minimum Gasteiger partial charge on any atom is -0.316 e. The molecule has 0 spiro atoms. The van der Waals surface area contributed by atoms with Gasteiger partial charge >= 0.3 is 5.69 Å². The number of rotatable bonds is 4. The van der Waals surface area contributed by atoms with Gasteiger partial charge in [-0.1, -0.05) is 25.1 Å². The van der Waals surface area contributed by atoms with Crippen LogP contribution in [0.2, 0.25) is 0 Å². The maximum Gasteiger partial charge on any atom is 0.350 e. The fourth-order valence-electron chi connectivity index (χ4n) is 2.94. The summed E-state index contributed by atoms with van der Waals surface area (Å²) in [5, 5.41) is 8.03. The van der Waals surface area contributed by atoms with Crippen molar-refractivity contribution in [1.82, 2.24) is 19.7 Å². The lowest BCUT2D eigenvalue weighted by Gasteiger charge is -2.22. The maximum atomic E-state index is 12.7. The molecule has 0 unspecified atom stereocenters. The van der Waals surface area contributed by atoms with E-state index in [-0.39, 0.29) is 5.69 Å². The zero-order valence-electron chi connectivity index (χ0n) is 12.5. The van der Waals surface area contributed by atoms with Crippen LogP contribution < -0.4 is 11.0 Å². The number of hydrogen-bond acceptors (Lipinski definition) is 3. The van der Waals surface area contributed by atoms with Gasteiger partial charge < -0.3 is 5.32 Å². The smallest absolute Gasteiger partial charge is 0.316 e. The minimum atomic E-state index is -0.0244. The molecule has 1 saturated heterocycles. The van der Waals surface area contributed by atoms with Crippen LogP contribution in [0.3, 0.4) is 0 Å². The molecule has 112 valence electrons. The molecule has 5 nitrogen and oxygen atoms in total. The Morgan fingerprint density at radius 2 is 2.14 bits per heavy atom. The number of hydrogen-bond donors (Lipinski definition) is 1. The van der Waals surface area contributed by atoms with Gasteiger partial charge in [-0.15, -0.1) is 0 Å². The van der Waals surface area contributed by atoms with Crippen LogP contribution in [0, 0.1) is 0 Å². The molecule has 1 aromatic heterocycles. The second kappa shape index (κ2) is 6.26. The van der Waals surface area contributed by atoms with Crippen LogP contribution in [0.25, 0.3) is 5.69 Å². The SMILES string of the molecule is CCCn1nc([C@@H]2CCCNC2)n(-c2ccccc2)c1=O. The third-order valence-corrected chi connectivity index (χ3v) is 3.98. The molecule has 1 aliphatic rings. The van der Waals surface area contributed by atoms with E-state index in [0.29, 0.717) is 12.5 Å². The summed E-state index contributed by atoms with van der Waals surface area (Å²) in [5.74, 6) is 1.21. The molecule has 1 atom stereocenters. The summed E-state index contributed by atoms with van der Waals surface area (Å²) >= 11 is 0. The van der Waals surface area contributed by atoms with Crippen molar-refractivity contribution in [3.8, 4) is 5.69 Å². The largest absolute Gasteiger partial charge is 0.350 e. The lowest BCUT2D eigenvalue weighted by molar-refractivity contribution is 0.438. The second-order valence-corrected chi connectivity index (χ2v) is 5.58. The van der Waals surface area contributed by atoms with Gasteiger partial charge in [0, 0.05) is 19.0 Å². The van der Waals surface area contributed by atoms with Crippen molar-refractivity contribution in [2.45, 2.75) is 38.6 Å². The lowest BCUT2D eigenvalue weighted by atomic mass is 9.99. The predicted molar refractivity (Wildman–Crippen MR) is 83.0 cm³/mol. The third-order valence-electron chi connectivity index (χ3n) is 3.98. The summed E-state index contributed by atoms with van der Waals surface area (Å²) in [7, 11) is 0. The molecule has 1 N–H and O–H groups in total. The molecule has 0 saturated carbocycles. The number of benzene rings is 1. The highest BCUT2D eigenvalue weighted by atomic mass is 16.2. The van der Waals surface area contributed by atoms with Crippen LogP contribution in [-0.2, 0) is 6.54 Å². The van der Waals surface area contributed by atoms with Crippen LogP contribution in [-0.4, -0.2) is 27.4 Å². The van der Waals surface area contributed by atoms with E-state index in [1.807, 2.05) is 30.3 Å². The molecule has 2 heterocycles. The number of nitrogens with zero attached hydrogens (tertiary/aromatic N) is 3. The number of nitrogens with one attached hydrogen (secondary N) is 1. The monoisotopic (exact) mass is 286 g/mol. The quantitative estimate of drug-likeness (QED) is 0.934. The van der Waals surface area contributed by atoms with Crippen molar-refractivity contribution < 1.29 is 0 Å². The Kier molecular flexibility index (Phi) is 4.20. The van der Waals surface area contributed by atoms with Gasteiger partial charge in [0.25, 0.3) is 0 Å². The Balaban J connectivity index is 2.09. The number of piperidine rings is 1. The van der Waals surface area contributed by atoms with E-state index in [1.54, 1.807) is 9.25 Å². The highest BCUT2D eigenvalue weighted by Gasteiger charge is 2.24. The summed E-state index contributed by atoms with van der Waals surface area (Å²) in [5.41, 5.74) is 0.883. The molecule has 0 aliphatic carbocycles. The summed E-state index contributed by atoms with van der Waals surface area (Å²) in [6, 6.07) is 9.83. The van der Waals surface area contributed by atoms with Crippen LogP contribution in [0.5, 0.6) is 0 Å².